The summed E-state index contributed by atoms with van der Waals surface area (Å²) >= 11 is 3.20. The van der Waals surface area contributed by atoms with Crippen LogP contribution >= 0.6 is 15.9 Å². The summed E-state index contributed by atoms with van der Waals surface area (Å²) in [5.74, 6) is -0.863. The maximum atomic E-state index is 12.4. The maximum Gasteiger partial charge on any atom is 0.270 e. The summed E-state index contributed by atoms with van der Waals surface area (Å²) in [5, 5.41) is 12.5. The molecule has 1 heterocycles. The third-order valence-corrected chi connectivity index (χ3v) is 3.79. The van der Waals surface area contributed by atoms with Gasteiger partial charge in [-0.1, -0.05) is 28.1 Å². The summed E-state index contributed by atoms with van der Waals surface area (Å²) in [6.07, 6.45) is 0. The number of imide groups is 1. The molecule has 0 N–H and O–H groups in total. The first-order chi connectivity index (χ1) is 10.0. The number of hydrogen-bond donors (Lipinski definition) is 0. The molecular formula is C14H9BrN2O4. The van der Waals surface area contributed by atoms with Gasteiger partial charge in [-0.05, 0) is 11.5 Å². The van der Waals surface area contributed by atoms with Crippen molar-refractivity contribution in [2.24, 2.45) is 0 Å². The summed E-state index contributed by atoms with van der Waals surface area (Å²) in [4.78, 5) is 36.4. The lowest BCUT2D eigenvalue weighted by molar-refractivity contribution is -0.384. The van der Waals surface area contributed by atoms with Crippen LogP contribution in [0.3, 0.4) is 0 Å². The van der Waals surface area contributed by atoms with Gasteiger partial charge in [0, 0.05) is 35.0 Å². The lowest BCUT2D eigenvalue weighted by Crippen LogP contribution is -2.41. The Balaban J connectivity index is 2.35. The maximum absolute atomic E-state index is 12.4. The molecule has 1 aliphatic heterocycles. The summed E-state index contributed by atoms with van der Waals surface area (Å²) in [7, 11) is 0. The van der Waals surface area contributed by atoms with E-state index in [1.807, 2.05) is 0 Å². The molecule has 1 aliphatic rings. The third-order valence-electron chi connectivity index (χ3n) is 3.43. The lowest BCUT2D eigenvalue weighted by atomic mass is 9.93. The highest BCUT2D eigenvalue weighted by Gasteiger charge is 2.33. The average molecular weight is 349 g/mol. The number of benzene rings is 2. The van der Waals surface area contributed by atoms with Gasteiger partial charge in [0.2, 0.25) is 0 Å². The van der Waals surface area contributed by atoms with Gasteiger partial charge in [0.25, 0.3) is 17.5 Å². The molecule has 7 heteroatoms. The average Bonchev–Trinajstić information content (AvgIpc) is 2.48. The SMILES string of the molecule is O=C1c2cccc3cc([N+](=O)[O-])cc(c23)C(=O)N1CCBr. The molecule has 0 fully saturated rings. The van der Waals surface area contributed by atoms with Crippen LogP contribution in [-0.2, 0) is 0 Å². The standard InChI is InChI=1S/C14H9BrN2O4/c15-4-5-16-13(18)10-3-1-2-8-6-9(17(20)21)7-11(12(8)10)14(16)19/h1-3,6-7H,4-5H2. The Morgan fingerprint density at radius 2 is 1.86 bits per heavy atom. The van der Waals surface area contributed by atoms with Crippen molar-refractivity contribution in [2.45, 2.75) is 0 Å². The van der Waals surface area contributed by atoms with Gasteiger partial charge in [-0.25, -0.2) is 0 Å². The largest absolute Gasteiger partial charge is 0.273 e. The second-order valence-corrected chi connectivity index (χ2v) is 5.40. The van der Waals surface area contributed by atoms with Gasteiger partial charge in [-0.3, -0.25) is 24.6 Å². The van der Waals surface area contributed by atoms with Crippen LogP contribution in [0.4, 0.5) is 5.69 Å². The second-order valence-electron chi connectivity index (χ2n) is 4.61. The topological polar surface area (TPSA) is 80.5 Å². The normalized spacial score (nSPS) is 13.9. The molecule has 2 amide bonds. The summed E-state index contributed by atoms with van der Waals surface area (Å²) in [6, 6.07) is 7.57. The first-order valence-corrected chi connectivity index (χ1v) is 7.30. The Bertz CT molecular complexity index is 803. The molecule has 0 atom stereocenters. The van der Waals surface area contributed by atoms with Crippen molar-refractivity contribution in [3.8, 4) is 0 Å². The van der Waals surface area contributed by atoms with Crippen molar-refractivity contribution in [3.05, 3.63) is 51.6 Å². The molecule has 0 radical (unpaired) electrons. The Morgan fingerprint density at radius 1 is 1.14 bits per heavy atom. The minimum absolute atomic E-state index is 0.156. The van der Waals surface area contributed by atoms with Crippen LogP contribution in [0.2, 0.25) is 0 Å². The summed E-state index contributed by atoms with van der Waals surface area (Å²) < 4.78 is 0. The summed E-state index contributed by atoms with van der Waals surface area (Å²) in [5.41, 5.74) is 0.449. The van der Waals surface area contributed by atoms with Crippen molar-refractivity contribution in [2.75, 3.05) is 11.9 Å². The number of nitro groups is 1. The molecule has 21 heavy (non-hydrogen) atoms. The Kier molecular flexibility index (Phi) is 3.21. The van der Waals surface area contributed by atoms with E-state index in [2.05, 4.69) is 15.9 Å². The van der Waals surface area contributed by atoms with Crippen LogP contribution in [0.5, 0.6) is 0 Å². The number of carbonyl (C=O) groups excluding carboxylic acids is 2. The third kappa shape index (κ3) is 2.01. The molecule has 0 saturated heterocycles. The van der Waals surface area contributed by atoms with Crippen LogP contribution in [0.1, 0.15) is 20.7 Å². The fourth-order valence-electron chi connectivity index (χ4n) is 2.54. The first kappa shape index (κ1) is 13.7. The lowest BCUT2D eigenvalue weighted by Gasteiger charge is -2.26. The smallest absolute Gasteiger partial charge is 0.270 e. The fraction of sp³-hybridized carbons (Fsp3) is 0.143. The molecular weight excluding hydrogens is 340 g/mol. The van der Waals surface area contributed by atoms with E-state index in [1.54, 1.807) is 18.2 Å². The van der Waals surface area contributed by atoms with Crippen LogP contribution < -0.4 is 0 Å². The van der Waals surface area contributed by atoms with E-state index < -0.39 is 10.8 Å². The zero-order chi connectivity index (χ0) is 15.1. The number of hydrogen-bond acceptors (Lipinski definition) is 4. The van der Waals surface area contributed by atoms with E-state index in [4.69, 9.17) is 0 Å². The number of carbonyl (C=O) groups is 2. The minimum Gasteiger partial charge on any atom is -0.273 e. The highest BCUT2D eigenvalue weighted by atomic mass is 79.9. The molecule has 0 aromatic heterocycles. The van der Waals surface area contributed by atoms with Crippen LogP contribution in [0.25, 0.3) is 10.8 Å². The molecule has 106 valence electrons. The number of non-ortho nitro benzene ring substituents is 1. The van der Waals surface area contributed by atoms with E-state index in [-0.39, 0.29) is 23.7 Å². The zero-order valence-electron chi connectivity index (χ0n) is 10.7. The van der Waals surface area contributed by atoms with Crippen molar-refractivity contribution in [3.63, 3.8) is 0 Å². The molecule has 0 saturated carbocycles. The number of nitro benzene ring substituents is 1. The van der Waals surface area contributed by atoms with Gasteiger partial charge in [-0.15, -0.1) is 0 Å². The van der Waals surface area contributed by atoms with Gasteiger partial charge in [-0.2, -0.15) is 0 Å². The molecule has 0 aliphatic carbocycles. The number of halogens is 1. The Hall–Kier alpha value is -2.28. The highest BCUT2D eigenvalue weighted by molar-refractivity contribution is 9.09. The molecule has 0 unspecified atom stereocenters. The first-order valence-electron chi connectivity index (χ1n) is 6.18. The highest BCUT2D eigenvalue weighted by Crippen LogP contribution is 2.33. The van der Waals surface area contributed by atoms with Crippen LogP contribution in [-0.4, -0.2) is 33.5 Å². The number of amides is 2. The molecule has 0 bridgehead atoms. The predicted octanol–water partition coefficient (Wildman–Crippen LogP) is 2.74. The number of nitrogens with zero attached hydrogens (tertiary/aromatic N) is 2. The Labute approximate surface area is 127 Å². The molecule has 2 aromatic carbocycles. The van der Waals surface area contributed by atoms with Crippen LogP contribution in [0.15, 0.2) is 30.3 Å². The second kappa shape index (κ2) is 4.92. The molecule has 2 aromatic rings. The van der Waals surface area contributed by atoms with Gasteiger partial charge < -0.3 is 0 Å². The molecule has 6 nitrogen and oxygen atoms in total. The van der Waals surface area contributed by atoms with E-state index in [9.17, 15) is 19.7 Å². The van der Waals surface area contributed by atoms with E-state index in [1.165, 1.54) is 12.1 Å². The zero-order valence-corrected chi connectivity index (χ0v) is 12.3. The van der Waals surface area contributed by atoms with E-state index in [0.717, 1.165) is 4.90 Å². The fourth-order valence-corrected chi connectivity index (χ4v) is 2.89. The predicted molar refractivity (Wildman–Crippen MR) is 79.8 cm³/mol. The van der Waals surface area contributed by atoms with Gasteiger partial charge in [0.1, 0.15) is 0 Å². The Morgan fingerprint density at radius 3 is 2.52 bits per heavy atom. The molecule has 3 rings (SSSR count). The van der Waals surface area contributed by atoms with Crippen LogP contribution in [0, 0.1) is 10.1 Å². The number of alkyl halides is 1. The quantitative estimate of drug-likeness (QED) is 0.369. The minimum atomic E-state index is -0.541. The van der Waals surface area contributed by atoms with Gasteiger partial charge in [0.15, 0.2) is 0 Å². The van der Waals surface area contributed by atoms with E-state index >= 15 is 0 Å². The van der Waals surface area contributed by atoms with E-state index in [0.29, 0.717) is 21.7 Å². The monoisotopic (exact) mass is 348 g/mol. The van der Waals surface area contributed by atoms with Crippen molar-refractivity contribution in [1.29, 1.82) is 0 Å². The van der Waals surface area contributed by atoms with Crippen molar-refractivity contribution in [1.82, 2.24) is 4.90 Å². The van der Waals surface area contributed by atoms with Crippen molar-refractivity contribution < 1.29 is 14.5 Å². The number of rotatable bonds is 3. The van der Waals surface area contributed by atoms with Gasteiger partial charge >= 0.3 is 0 Å². The van der Waals surface area contributed by atoms with Crippen molar-refractivity contribution >= 4 is 44.2 Å². The molecule has 0 spiro atoms. The van der Waals surface area contributed by atoms with Gasteiger partial charge in [0.05, 0.1) is 10.5 Å². The summed E-state index contributed by atoms with van der Waals surface area (Å²) in [6.45, 7) is 0.218.